The van der Waals surface area contributed by atoms with Gasteiger partial charge in [0.1, 0.15) is 23.9 Å². The fraction of sp³-hybridized carbons (Fsp3) is 0.400. The summed E-state index contributed by atoms with van der Waals surface area (Å²) in [6.45, 7) is -0.523. The fourth-order valence-electron chi connectivity index (χ4n) is 2.78. The first-order valence-corrected chi connectivity index (χ1v) is 9.97. The van der Waals surface area contributed by atoms with Gasteiger partial charge in [-0.3, -0.25) is 24.0 Å². The summed E-state index contributed by atoms with van der Waals surface area (Å²) >= 11 is 0. The Labute approximate surface area is 193 Å². The highest BCUT2D eigenvalue weighted by Gasteiger charge is 2.30. The second kappa shape index (κ2) is 13.4. The van der Waals surface area contributed by atoms with Gasteiger partial charge in [0.25, 0.3) is 0 Å². The first-order valence-electron chi connectivity index (χ1n) is 9.97. The lowest BCUT2D eigenvalue weighted by atomic mass is 10.0. The number of carboxylic acid groups (broad SMARTS) is 3. The number of hydrogen-bond acceptors (Lipinski definition) is 8. The molecule has 0 aliphatic heterocycles. The maximum absolute atomic E-state index is 12.8. The topological polar surface area (TPSA) is 245 Å². The molecule has 14 heteroatoms. The minimum Gasteiger partial charge on any atom is -0.508 e. The van der Waals surface area contributed by atoms with Gasteiger partial charge in [-0.25, -0.2) is 4.79 Å². The van der Waals surface area contributed by atoms with Crippen molar-refractivity contribution in [1.29, 1.82) is 0 Å². The van der Waals surface area contributed by atoms with Gasteiger partial charge in [0.2, 0.25) is 17.7 Å². The van der Waals surface area contributed by atoms with Crippen LogP contribution in [0.4, 0.5) is 0 Å². The summed E-state index contributed by atoms with van der Waals surface area (Å²) in [5.41, 5.74) is 5.62. The van der Waals surface area contributed by atoms with Crippen molar-refractivity contribution in [3.63, 3.8) is 0 Å². The van der Waals surface area contributed by atoms with Crippen LogP contribution in [0.5, 0.6) is 5.75 Å². The normalized spacial score (nSPS) is 13.1. The van der Waals surface area contributed by atoms with Crippen LogP contribution < -0.4 is 21.7 Å². The van der Waals surface area contributed by atoms with Crippen LogP contribution in [0.1, 0.15) is 24.8 Å². The number of carbonyl (C=O) groups is 6. The molecular weight excluding hydrogens is 456 g/mol. The summed E-state index contributed by atoms with van der Waals surface area (Å²) in [7, 11) is 0. The van der Waals surface area contributed by atoms with E-state index in [1.54, 1.807) is 0 Å². The Morgan fingerprint density at radius 3 is 1.85 bits per heavy atom. The number of carbonyl (C=O) groups excluding carboxylic acids is 3. The molecule has 0 radical (unpaired) electrons. The van der Waals surface area contributed by atoms with Crippen molar-refractivity contribution in [3.05, 3.63) is 29.8 Å². The Hall–Kier alpha value is -4.20. The molecule has 0 bridgehead atoms. The largest absolute Gasteiger partial charge is 0.508 e. The SMILES string of the molecule is NCC(=O)NC(CC(=O)O)C(=O)NC(Cc1ccc(O)cc1)C(=O)NC(CCC(=O)O)C(=O)O. The number of phenols is 1. The minimum absolute atomic E-state index is 0.0700. The molecule has 9 N–H and O–H groups in total. The zero-order valence-corrected chi connectivity index (χ0v) is 17.9. The molecule has 3 amide bonds. The van der Waals surface area contributed by atoms with E-state index < -0.39 is 79.6 Å². The van der Waals surface area contributed by atoms with Gasteiger partial charge in [0.05, 0.1) is 13.0 Å². The highest BCUT2D eigenvalue weighted by Crippen LogP contribution is 2.12. The molecule has 3 unspecified atom stereocenters. The van der Waals surface area contributed by atoms with Gasteiger partial charge in [-0.05, 0) is 24.1 Å². The molecule has 186 valence electrons. The van der Waals surface area contributed by atoms with E-state index in [1.165, 1.54) is 24.3 Å². The van der Waals surface area contributed by atoms with Gasteiger partial charge in [-0.2, -0.15) is 0 Å². The molecule has 3 atom stereocenters. The van der Waals surface area contributed by atoms with Crippen molar-refractivity contribution in [2.75, 3.05) is 6.54 Å². The fourth-order valence-corrected chi connectivity index (χ4v) is 2.78. The number of benzene rings is 1. The summed E-state index contributed by atoms with van der Waals surface area (Å²) in [5, 5.41) is 43.1. The van der Waals surface area contributed by atoms with Gasteiger partial charge in [-0.1, -0.05) is 12.1 Å². The van der Waals surface area contributed by atoms with Crippen molar-refractivity contribution in [3.8, 4) is 5.75 Å². The molecule has 0 saturated heterocycles. The van der Waals surface area contributed by atoms with Crippen LogP contribution in [-0.4, -0.2) is 80.7 Å². The van der Waals surface area contributed by atoms with E-state index in [0.717, 1.165) is 0 Å². The maximum atomic E-state index is 12.8. The van der Waals surface area contributed by atoms with Crippen LogP contribution in [0.25, 0.3) is 0 Å². The third kappa shape index (κ3) is 9.95. The standard InChI is InChI=1S/C20H26N4O10/c21-9-15(26)22-14(8-17(29)30)19(32)24-13(7-10-1-3-11(25)4-2-10)18(31)23-12(20(33)34)5-6-16(27)28/h1-4,12-14,25H,5-9,21H2,(H,22,26)(H,23,31)(H,24,32)(H,27,28)(H,29,30)(H,33,34). The molecule has 0 aromatic heterocycles. The number of nitrogens with one attached hydrogen (secondary N) is 3. The highest BCUT2D eigenvalue weighted by atomic mass is 16.4. The first-order chi connectivity index (χ1) is 15.9. The van der Waals surface area contributed by atoms with Gasteiger partial charge >= 0.3 is 17.9 Å². The van der Waals surface area contributed by atoms with Gasteiger partial charge in [0.15, 0.2) is 0 Å². The molecule has 0 saturated carbocycles. The van der Waals surface area contributed by atoms with Crippen molar-refractivity contribution in [1.82, 2.24) is 16.0 Å². The van der Waals surface area contributed by atoms with Crippen LogP contribution in [0.15, 0.2) is 24.3 Å². The van der Waals surface area contributed by atoms with E-state index in [4.69, 9.17) is 15.9 Å². The zero-order valence-electron chi connectivity index (χ0n) is 17.9. The smallest absolute Gasteiger partial charge is 0.326 e. The van der Waals surface area contributed by atoms with Crippen LogP contribution in [0, 0.1) is 0 Å². The van der Waals surface area contributed by atoms with Crippen LogP contribution in [-0.2, 0) is 35.2 Å². The van der Waals surface area contributed by atoms with E-state index in [2.05, 4.69) is 16.0 Å². The van der Waals surface area contributed by atoms with Crippen molar-refractivity contribution in [2.24, 2.45) is 5.73 Å². The molecule has 14 nitrogen and oxygen atoms in total. The summed E-state index contributed by atoms with van der Waals surface area (Å²) in [5.74, 6) is -7.11. The predicted molar refractivity (Wildman–Crippen MR) is 113 cm³/mol. The number of rotatable bonds is 14. The molecule has 0 heterocycles. The number of hydrogen-bond donors (Lipinski definition) is 8. The average Bonchev–Trinajstić information content (AvgIpc) is 2.76. The third-order valence-corrected chi connectivity index (χ3v) is 4.49. The Morgan fingerprint density at radius 1 is 0.794 bits per heavy atom. The molecule has 0 fully saturated rings. The zero-order chi connectivity index (χ0) is 25.8. The monoisotopic (exact) mass is 482 g/mol. The molecule has 0 aliphatic rings. The number of nitrogens with two attached hydrogens (primary N) is 1. The van der Waals surface area contributed by atoms with Crippen molar-refractivity contribution in [2.45, 2.75) is 43.8 Å². The second-order valence-electron chi connectivity index (χ2n) is 7.19. The molecule has 1 rings (SSSR count). The molecule has 0 spiro atoms. The van der Waals surface area contributed by atoms with Crippen molar-refractivity contribution < 1.29 is 49.2 Å². The maximum Gasteiger partial charge on any atom is 0.326 e. The van der Waals surface area contributed by atoms with Crippen molar-refractivity contribution >= 4 is 35.6 Å². The van der Waals surface area contributed by atoms with E-state index in [0.29, 0.717) is 5.56 Å². The van der Waals surface area contributed by atoms with E-state index in [-0.39, 0.29) is 12.2 Å². The summed E-state index contributed by atoms with van der Waals surface area (Å²) in [6.07, 6.45) is -1.99. The lowest BCUT2D eigenvalue weighted by Gasteiger charge is -2.24. The number of aliphatic carboxylic acids is 3. The number of phenolic OH excluding ortho intramolecular Hbond substituents is 1. The number of carboxylic acids is 3. The predicted octanol–water partition coefficient (Wildman–Crippen LogP) is -2.23. The van der Waals surface area contributed by atoms with Crippen LogP contribution >= 0.6 is 0 Å². The van der Waals surface area contributed by atoms with E-state index in [9.17, 15) is 39.0 Å². The molecule has 0 aliphatic carbocycles. The summed E-state index contributed by atoms with van der Waals surface area (Å²) < 4.78 is 0. The average molecular weight is 482 g/mol. The van der Waals surface area contributed by atoms with Gasteiger partial charge in [-0.15, -0.1) is 0 Å². The summed E-state index contributed by atoms with van der Waals surface area (Å²) in [6, 6.07) is 0.911. The summed E-state index contributed by atoms with van der Waals surface area (Å²) in [4.78, 5) is 70.4. The first kappa shape index (κ1) is 27.8. The Bertz CT molecular complexity index is 918. The Kier molecular flexibility index (Phi) is 10.9. The lowest BCUT2D eigenvalue weighted by molar-refractivity contribution is -0.144. The van der Waals surface area contributed by atoms with Gasteiger partial charge < -0.3 is 42.1 Å². The Balaban J connectivity index is 3.13. The molecular formula is C20H26N4O10. The quantitative estimate of drug-likeness (QED) is 0.141. The third-order valence-electron chi connectivity index (χ3n) is 4.49. The number of aromatic hydroxyl groups is 1. The molecule has 1 aromatic carbocycles. The molecule has 34 heavy (non-hydrogen) atoms. The highest BCUT2D eigenvalue weighted by molar-refractivity contribution is 5.95. The Morgan fingerprint density at radius 2 is 1.35 bits per heavy atom. The van der Waals surface area contributed by atoms with Crippen LogP contribution in [0.3, 0.4) is 0 Å². The second-order valence-corrected chi connectivity index (χ2v) is 7.19. The lowest BCUT2D eigenvalue weighted by Crippen LogP contribution is -2.57. The number of amides is 3. The molecule has 1 aromatic rings. The van der Waals surface area contributed by atoms with E-state index in [1.807, 2.05) is 0 Å². The van der Waals surface area contributed by atoms with Gasteiger partial charge in [0, 0.05) is 12.8 Å². The minimum atomic E-state index is -1.58. The van der Waals surface area contributed by atoms with Crippen LogP contribution in [0.2, 0.25) is 0 Å². The van der Waals surface area contributed by atoms with E-state index >= 15 is 0 Å².